The van der Waals surface area contributed by atoms with Crippen molar-refractivity contribution in [1.29, 1.82) is 0 Å². The van der Waals surface area contributed by atoms with Crippen molar-refractivity contribution in [2.45, 2.75) is 45.2 Å². The van der Waals surface area contributed by atoms with E-state index >= 15 is 0 Å². The molecule has 0 spiro atoms. The van der Waals surface area contributed by atoms with Gasteiger partial charge in [0, 0.05) is 38.0 Å². The second-order valence-corrected chi connectivity index (χ2v) is 8.03. The van der Waals surface area contributed by atoms with E-state index in [0.29, 0.717) is 37.9 Å². The molecular weight excluding hydrogens is 397 g/mol. The third-order valence-electron chi connectivity index (χ3n) is 5.45. The average molecular weight is 426 g/mol. The van der Waals surface area contributed by atoms with Crippen molar-refractivity contribution in [3.05, 3.63) is 71.0 Å². The molecule has 7 heteroatoms. The van der Waals surface area contributed by atoms with Crippen LogP contribution in [0.15, 0.2) is 48.5 Å². The number of hydrogen-bond donors (Lipinski definition) is 2. The van der Waals surface area contributed by atoms with Crippen molar-refractivity contribution < 1.29 is 18.8 Å². The number of nitrogens with zero attached hydrogens (tertiary/aromatic N) is 1. The normalized spacial score (nSPS) is 15.3. The summed E-state index contributed by atoms with van der Waals surface area (Å²) >= 11 is 0. The Bertz CT molecular complexity index is 937. The van der Waals surface area contributed by atoms with Crippen molar-refractivity contribution in [3.8, 4) is 0 Å². The number of aryl methyl sites for hydroxylation is 1. The lowest BCUT2D eigenvalue weighted by Gasteiger charge is -2.33. The molecule has 0 bridgehead atoms. The lowest BCUT2D eigenvalue weighted by Crippen LogP contribution is -2.53. The van der Waals surface area contributed by atoms with Crippen molar-refractivity contribution >= 4 is 17.7 Å². The first kappa shape index (κ1) is 22.5. The molecule has 1 fully saturated rings. The molecule has 1 aliphatic heterocycles. The van der Waals surface area contributed by atoms with Crippen LogP contribution in [0.25, 0.3) is 0 Å². The number of benzene rings is 2. The van der Waals surface area contributed by atoms with E-state index in [4.69, 9.17) is 0 Å². The summed E-state index contributed by atoms with van der Waals surface area (Å²) in [5.41, 5.74) is 2.42. The first-order valence-corrected chi connectivity index (χ1v) is 10.5. The average Bonchev–Trinajstić information content (AvgIpc) is 2.74. The van der Waals surface area contributed by atoms with Crippen LogP contribution in [-0.2, 0) is 16.0 Å². The Labute approximate surface area is 181 Å². The predicted molar refractivity (Wildman–Crippen MR) is 116 cm³/mol. The summed E-state index contributed by atoms with van der Waals surface area (Å²) in [7, 11) is 0. The number of rotatable bonds is 6. The van der Waals surface area contributed by atoms with Crippen LogP contribution in [0.4, 0.5) is 4.39 Å². The standard InChI is InChI=1S/C24H28FN3O3/c1-16-6-8-18(9-7-16)14-22(26-17(2)29)23(30)27-21-10-12-28(13-11-21)24(31)19-4-3-5-20(25)15-19/h3-9,15,21-22H,10-14H2,1-2H3,(H,26,29)(H,27,30). The highest BCUT2D eigenvalue weighted by Gasteiger charge is 2.27. The van der Waals surface area contributed by atoms with Gasteiger partial charge in [-0.05, 0) is 43.5 Å². The quantitative estimate of drug-likeness (QED) is 0.747. The van der Waals surface area contributed by atoms with Crippen LogP contribution >= 0.6 is 0 Å². The van der Waals surface area contributed by atoms with Crippen molar-refractivity contribution in [2.24, 2.45) is 0 Å². The SMILES string of the molecule is CC(=O)NC(Cc1ccc(C)cc1)C(=O)NC1CCN(C(=O)c2cccc(F)c2)CC1. The van der Waals surface area contributed by atoms with Gasteiger partial charge in [-0.1, -0.05) is 35.9 Å². The monoisotopic (exact) mass is 425 g/mol. The molecular formula is C24H28FN3O3. The lowest BCUT2D eigenvalue weighted by atomic mass is 10.0. The van der Waals surface area contributed by atoms with Crippen LogP contribution in [0, 0.1) is 12.7 Å². The van der Waals surface area contributed by atoms with Gasteiger partial charge < -0.3 is 15.5 Å². The molecule has 0 aromatic heterocycles. The molecule has 1 unspecified atom stereocenters. The minimum absolute atomic E-state index is 0.0849. The fourth-order valence-electron chi connectivity index (χ4n) is 3.75. The zero-order valence-electron chi connectivity index (χ0n) is 17.9. The van der Waals surface area contributed by atoms with E-state index in [1.165, 1.54) is 25.1 Å². The first-order chi connectivity index (χ1) is 14.8. The van der Waals surface area contributed by atoms with Gasteiger partial charge >= 0.3 is 0 Å². The Morgan fingerprint density at radius 2 is 1.77 bits per heavy atom. The summed E-state index contributed by atoms with van der Waals surface area (Å²) < 4.78 is 13.4. The van der Waals surface area contributed by atoms with Gasteiger partial charge in [-0.15, -0.1) is 0 Å². The van der Waals surface area contributed by atoms with E-state index in [-0.39, 0.29) is 23.8 Å². The third kappa shape index (κ3) is 6.38. The van der Waals surface area contributed by atoms with Gasteiger partial charge in [0.15, 0.2) is 0 Å². The minimum Gasteiger partial charge on any atom is -0.351 e. The second kappa shape index (κ2) is 10.2. The summed E-state index contributed by atoms with van der Waals surface area (Å²) in [6.07, 6.45) is 1.61. The number of carbonyl (C=O) groups is 3. The van der Waals surface area contributed by atoms with Gasteiger partial charge in [-0.3, -0.25) is 14.4 Å². The summed E-state index contributed by atoms with van der Waals surface area (Å²) in [4.78, 5) is 38.7. The van der Waals surface area contributed by atoms with Crippen LogP contribution in [0.1, 0.15) is 41.3 Å². The molecule has 3 amide bonds. The summed E-state index contributed by atoms with van der Waals surface area (Å²) in [5, 5.41) is 5.75. The molecule has 6 nitrogen and oxygen atoms in total. The molecule has 1 saturated heterocycles. The third-order valence-corrected chi connectivity index (χ3v) is 5.45. The Hall–Kier alpha value is -3.22. The van der Waals surface area contributed by atoms with Gasteiger partial charge in [0.25, 0.3) is 5.91 Å². The molecule has 31 heavy (non-hydrogen) atoms. The zero-order chi connectivity index (χ0) is 22.4. The minimum atomic E-state index is -0.660. The van der Waals surface area contributed by atoms with Gasteiger partial charge in [0.1, 0.15) is 11.9 Å². The number of carbonyl (C=O) groups excluding carboxylic acids is 3. The molecule has 1 heterocycles. The Morgan fingerprint density at radius 3 is 2.39 bits per heavy atom. The molecule has 0 radical (unpaired) electrons. The van der Waals surface area contributed by atoms with Gasteiger partial charge in [-0.2, -0.15) is 0 Å². The van der Waals surface area contributed by atoms with Crippen LogP contribution in [0.2, 0.25) is 0 Å². The van der Waals surface area contributed by atoms with Gasteiger partial charge in [0.05, 0.1) is 0 Å². The highest BCUT2D eigenvalue weighted by atomic mass is 19.1. The maximum atomic E-state index is 13.4. The molecule has 2 aromatic carbocycles. The largest absolute Gasteiger partial charge is 0.351 e. The van der Waals surface area contributed by atoms with Crippen LogP contribution < -0.4 is 10.6 Å². The molecule has 164 valence electrons. The molecule has 0 aliphatic carbocycles. The van der Waals surface area contributed by atoms with E-state index in [1.807, 2.05) is 31.2 Å². The number of hydrogen-bond acceptors (Lipinski definition) is 3. The number of piperidine rings is 1. The second-order valence-electron chi connectivity index (χ2n) is 8.03. The number of nitrogens with one attached hydrogen (secondary N) is 2. The maximum absolute atomic E-state index is 13.4. The highest BCUT2D eigenvalue weighted by molar-refractivity contribution is 5.94. The summed E-state index contributed by atoms with van der Waals surface area (Å²) in [6, 6.07) is 12.8. The van der Waals surface area contributed by atoms with E-state index in [2.05, 4.69) is 10.6 Å². The van der Waals surface area contributed by atoms with E-state index < -0.39 is 11.9 Å². The molecule has 2 N–H and O–H groups in total. The summed E-state index contributed by atoms with van der Waals surface area (Å²) in [6.45, 7) is 4.34. The molecule has 2 aromatic rings. The molecule has 3 rings (SSSR count). The van der Waals surface area contributed by atoms with Crippen LogP contribution in [0.5, 0.6) is 0 Å². The van der Waals surface area contributed by atoms with Crippen molar-refractivity contribution in [3.63, 3.8) is 0 Å². The Balaban J connectivity index is 1.55. The molecule has 1 atom stereocenters. The lowest BCUT2D eigenvalue weighted by molar-refractivity contribution is -0.128. The van der Waals surface area contributed by atoms with Crippen LogP contribution in [0.3, 0.4) is 0 Å². The summed E-state index contributed by atoms with van der Waals surface area (Å²) in [5.74, 6) is -1.14. The van der Waals surface area contributed by atoms with Gasteiger partial charge in [-0.25, -0.2) is 4.39 Å². The van der Waals surface area contributed by atoms with Crippen molar-refractivity contribution in [2.75, 3.05) is 13.1 Å². The first-order valence-electron chi connectivity index (χ1n) is 10.5. The van der Waals surface area contributed by atoms with Gasteiger partial charge in [0.2, 0.25) is 11.8 Å². The molecule has 1 aliphatic rings. The smallest absolute Gasteiger partial charge is 0.253 e. The Morgan fingerprint density at radius 1 is 1.10 bits per heavy atom. The number of amides is 3. The molecule has 0 saturated carbocycles. The van der Waals surface area contributed by atoms with Crippen molar-refractivity contribution in [1.82, 2.24) is 15.5 Å². The number of likely N-dealkylation sites (tertiary alicyclic amines) is 1. The zero-order valence-corrected chi connectivity index (χ0v) is 17.9. The topological polar surface area (TPSA) is 78.5 Å². The Kier molecular flexibility index (Phi) is 7.39. The van der Waals surface area contributed by atoms with E-state index in [9.17, 15) is 18.8 Å². The highest BCUT2D eigenvalue weighted by Crippen LogP contribution is 2.15. The van der Waals surface area contributed by atoms with E-state index in [0.717, 1.165) is 11.1 Å². The fraction of sp³-hybridized carbons (Fsp3) is 0.375. The van der Waals surface area contributed by atoms with E-state index in [1.54, 1.807) is 11.0 Å². The number of halogens is 1. The van der Waals surface area contributed by atoms with Crippen LogP contribution in [-0.4, -0.2) is 47.8 Å². The predicted octanol–water partition coefficient (Wildman–Crippen LogP) is 2.60. The maximum Gasteiger partial charge on any atom is 0.253 e. The fourth-order valence-corrected chi connectivity index (χ4v) is 3.75.